The van der Waals surface area contributed by atoms with Crippen LogP contribution in [-0.4, -0.2) is 5.91 Å². The molecule has 2 nitrogen and oxygen atoms in total. The first-order valence-electron chi connectivity index (χ1n) is 6.03. The van der Waals surface area contributed by atoms with E-state index >= 15 is 0 Å². The Hall–Kier alpha value is -1.52. The molecular formula is C15H13ClFNOS. The molecule has 2 aromatic carbocycles. The first-order chi connectivity index (χ1) is 9.49. The van der Waals surface area contributed by atoms with Crippen molar-refractivity contribution >= 4 is 30.1 Å². The second-order valence-corrected chi connectivity index (χ2v) is 5.30. The lowest BCUT2D eigenvalue weighted by atomic mass is 10.1. The molecule has 2 rings (SSSR count). The van der Waals surface area contributed by atoms with Gasteiger partial charge in [-0.25, -0.2) is 4.39 Å². The predicted octanol–water partition coefficient (Wildman–Crippen LogP) is 4.26. The van der Waals surface area contributed by atoms with Gasteiger partial charge in [-0.2, -0.15) is 0 Å². The number of hydrogen-bond donors (Lipinski definition) is 2. The second-order valence-electron chi connectivity index (χ2n) is 4.38. The third kappa shape index (κ3) is 3.32. The number of nitrogens with one attached hydrogen (secondary N) is 1. The lowest BCUT2D eigenvalue weighted by molar-refractivity contribution is 0.0935. The Kier molecular flexibility index (Phi) is 4.68. The summed E-state index contributed by atoms with van der Waals surface area (Å²) < 4.78 is 13.6. The molecule has 0 fully saturated rings. The number of hydrogen-bond acceptors (Lipinski definition) is 2. The molecule has 5 heteroatoms. The minimum absolute atomic E-state index is 0.0311. The number of amides is 1. The molecule has 0 aromatic heterocycles. The molecule has 1 amide bonds. The van der Waals surface area contributed by atoms with Crippen LogP contribution in [0.15, 0.2) is 47.4 Å². The Labute approximate surface area is 127 Å². The Balaban J connectivity index is 2.20. The normalized spacial score (nSPS) is 12.0. The minimum Gasteiger partial charge on any atom is -0.345 e. The molecule has 0 saturated heterocycles. The van der Waals surface area contributed by atoms with Gasteiger partial charge in [0.25, 0.3) is 5.91 Å². The van der Waals surface area contributed by atoms with Gasteiger partial charge in [-0.3, -0.25) is 4.79 Å². The first kappa shape index (κ1) is 14.9. The van der Waals surface area contributed by atoms with Crippen LogP contribution in [0.2, 0.25) is 5.02 Å². The Morgan fingerprint density at radius 1 is 1.30 bits per heavy atom. The predicted molar refractivity (Wildman–Crippen MR) is 81.0 cm³/mol. The maximum Gasteiger partial charge on any atom is 0.254 e. The highest BCUT2D eigenvalue weighted by molar-refractivity contribution is 7.80. The summed E-state index contributed by atoms with van der Waals surface area (Å²) in [5.74, 6) is -1.07. The highest BCUT2D eigenvalue weighted by Crippen LogP contribution is 2.23. The summed E-state index contributed by atoms with van der Waals surface area (Å²) in [5.41, 5.74) is 0.751. The van der Waals surface area contributed by atoms with Crippen LogP contribution in [0.3, 0.4) is 0 Å². The van der Waals surface area contributed by atoms with Gasteiger partial charge in [0, 0.05) is 9.92 Å². The van der Waals surface area contributed by atoms with Crippen molar-refractivity contribution in [3.63, 3.8) is 0 Å². The molecule has 1 N–H and O–H groups in total. The van der Waals surface area contributed by atoms with Crippen molar-refractivity contribution in [2.75, 3.05) is 0 Å². The van der Waals surface area contributed by atoms with Crippen molar-refractivity contribution in [2.45, 2.75) is 17.9 Å². The number of thiol groups is 1. The van der Waals surface area contributed by atoms with Gasteiger partial charge in [0.15, 0.2) is 0 Å². The van der Waals surface area contributed by atoms with E-state index in [0.29, 0.717) is 9.92 Å². The summed E-state index contributed by atoms with van der Waals surface area (Å²) >= 11 is 10.2. The number of halogens is 2. The maximum absolute atomic E-state index is 13.6. The summed E-state index contributed by atoms with van der Waals surface area (Å²) in [6, 6.07) is 11.0. The summed E-state index contributed by atoms with van der Waals surface area (Å²) in [6.45, 7) is 1.79. The molecule has 0 bridgehead atoms. The average molecular weight is 310 g/mol. The topological polar surface area (TPSA) is 29.1 Å². The molecule has 0 radical (unpaired) electrons. The highest BCUT2D eigenvalue weighted by Gasteiger charge is 2.16. The number of benzene rings is 2. The standard InChI is InChI=1S/C15H13ClFNOS/c1-9(11-4-2-3-5-13(11)16)18-15(19)12-8-10(20)6-7-14(12)17/h2-9,20H,1H3,(H,18,19). The summed E-state index contributed by atoms with van der Waals surface area (Å²) in [6.07, 6.45) is 0. The van der Waals surface area contributed by atoms with Gasteiger partial charge in [-0.15, -0.1) is 12.6 Å². The molecule has 1 unspecified atom stereocenters. The minimum atomic E-state index is -0.577. The van der Waals surface area contributed by atoms with E-state index in [4.69, 9.17) is 11.6 Å². The van der Waals surface area contributed by atoms with Gasteiger partial charge in [-0.1, -0.05) is 29.8 Å². The zero-order chi connectivity index (χ0) is 14.7. The van der Waals surface area contributed by atoms with Crippen LogP contribution in [0.25, 0.3) is 0 Å². The van der Waals surface area contributed by atoms with Gasteiger partial charge in [-0.05, 0) is 36.8 Å². The van der Waals surface area contributed by atoms with E-state index in [9.17, 15) is 9.18 Å². The zero-order valence-corrected chi connectivity index (χ0v) is 12.4. The van der Waals surface area contributed by atoms with E-state index in [1.165, 1.54) is 18.2 Å². The molecule has 0 aliphatic heterocycles. The molecule has 0 heterocycles. The van der Waals surface area contributed by atoms with E-state index in [1.54, 1.807) is 13.0 Å². The van der Waals surface area contributed by atoms with Crippen molar-refractivity contribution in [3.05, 3.63) is 64.4 Å². The van der Waals surface area contributed by atoms with Crippen molar-refractivity contribution in [1.82, 2.24) is 5.32 Å². The molecule has 0 spiro atoms. The lowest BCUT2D eigenvalue weighted by Crippen LogP contribution is -2.27. The Morgan fingerprint density at radius 3 is 2.70 bits per heavy atom. The molecule has 2 aromatic rings. The third-order valence-corrected chi connectivity index (χ3v) is 3.54. The van der Waals surface area contributed by atoms with Crippen LogP contribution in [0, 0.1) is 5.82 Å². The summed E-state index contributed by atoms with van der Waals surface area (Å²) in [4.78, 5) is 12.6. The van der Waals surface area contributed by atoms with Crippen LogP contribution in [0.5, 0.6) is 0 Å². The van der Waals surface area contributed by atoms with Gasteiger partial charge in [0.1, 0.15) is 5.82 Å². The quantitative estimate of drug-likeness (QED) is 0.815. The highest BCUT2D eigenvalue weighted by atomic mass is 35.5. The van der Waals surface area contributed by atoms with E-state index < -0.39 is 11.7 Å². The van der Waals surface area contributed by atoms with Crippen LogP contribution in [-0.2, 0) is 0 Å². The fourth-order valence-corrected chi connectivity index (χ4v) is 2.37. The van der Waals surface area contributed by atoms with E-state index in [0.717, 1.165) is 5.56 Å². The monoisotopic (exact) mass is 309 g/mol. The molecule has 0 aliphatic carbocycles. The van der Waals surface area contributed by atoms with Crippen LogP contribution in [0.1, 0.15) is 28.9 Å². The molecular weight excluding hydrogens is 297 g/mol. The van der Waals surface area contributed by atoms with Crippen molar-refractivity contribution in [1.29, 1.82) is 0 Å². The fourth-order valence-electron chi connectivity index (χ4n) is 1.87. The Bertz CT molecular complexity index is 648. The molecule has 1 atom stereocenters. The smallest absolute Gasteiger partial charge is 0.254 e. The van der Waals surface area contributed by atoms with Gasteiger partial charge < -0.3 is 5.32 Å². The SMILES string of the molecule is CC(NC(=O)c1cc(S)ccc1F)c1ccccc1Cl. The molecule has 0 saturated carbocycles. The first-order valence-corrected chi connectivity index (χ1v) is 6.85. The van der Waals surface area contributed by atoms with Crippen LogP contribution < -0.4 is 5.32 Å². The number of carbonyl (C=O) groups excluding carboxylic acids is 1. The van der Waals surface area contributed by atoms with Crippen molar-refractivity contribution in [2.24, 2.45) is 0 Å². The van der Waals surface area contributed by atoms with Gasteiger partial charge in [0.2, 0.25) is 0 Å². The van der Waals surface area contributed by atoms with Crippen molar-refractivity contribution in [3.8, 4) is 0 Å². The summed E-state index contributed by atoms with van der Waals surface area (Å²) in [7, 11) is 0. The second kappa shape index (κ2) is 6.29. The largest absolute Gasteiger partial charge is 0.345 e. The maximum atomic E-state index is 13.6. The van der Waals surface area contributed by atoms with Crippen LogP contribution >= 0.6 is 24.2 Å². The van der Waals surface area contributed by atoms with E-state index in [2.05, 4.69) is 17.9 Å². The lowest BCUT2D eigenvalue weighted by Gasteiger charge is -2.16. The Morgan fingerprint density at radius 2 is 2.00 bits per heavy atom. The third-order valence-electron chi connectivity index (χ3n) is 2.91. The summed E-state index contributed by atoms with van der Waals surface area (Å²) in [5, 5.41) is 3.28. The van der Waals surface area contributed by atoms with Gasteiger partial charge in [0.05, 0.1) is 11.6 Å². The number of carbonyl (C=O) groups is 1. The average Bonchev–Trinajstić information content (AvgIpc) is 2.41. The van der Waals surface area contributed by atoms with Crippen molar-refractivity contribution < 1.29 is 9.18 Å². The zero-order valence-electron chi connectivity index (χ0n) is 10.7. The number of rotatable bonds is 3. The molecule has 0 aliphatic rings. The van der Waals surface area contributed by atoms with E-state index in [-0.39, 0.29) is 11.6 Å². The molecule has 20 heavy (non-hydrogen) atoms. The molecule has 104 valence electrons. The van der Waals surface area contributed by atoms with Gasteiger partial charge >= 0.3 is 0 Å². The fraction of sp³-hybridized carbons (Fsp3) is 0.133. The van der Waals surface area contributed by atoms with Crippen LogP contribution in [0.4, 0.5) is 4.39 Å². The van der Waals surface area contributed by atoms with E-state index in [1.807, 2.05) is 18.2 Å².